The summed E-state index contributed by atoms with van der Waals surface area (Å²) in [7, 11) is 0. The first-order chi connectivity index (χ1) is 12.1. The summed E-state index contributed by atoms with van der Waals surface area (Å²) in [5, 5.41) is 3.06. The van der Waals surface area contributed by atoms with Gasteiger partial charge in [0.05, 0.1) is 6.04 Å². The Labute approximate surface area is 148 Å². The first kappa shape index (κ1) is 17.9. The van der Waals surface area contributed by atoms with Crippen LogP contribution in [0.15, 0.2) is 30.3 Å². The molecular formula is C19H27N3O3. The van der Waals surface area contributed by atoms with Crippen molar-refractivity contribution in [2.75, 3.05) is 26.3 Å². The zero-order valence-electron chi connectivity index (χ0n) is 14.5. The predicted octanol–water partition coefficient (Wildman–Crippen LogP) is 1.16. The van der Waals surface area contributed by atoms with E-state index in [0.717, 1.165) is 25.7 Å². The second kappa shape index (κ2) is 8.45. The quantitative estimate of drug-likeness (QED) is 0.858. The zero-order chi connectivity index (χ0) is 17.6. The molecular weight excluding hydrogens is 318 g/mol. The molecule has 2 saturated heterocycles. The summed E-state index contributed by atoms with van der Waals surface area (Å²) < 4.78 is 5.34. The van der Waals surface area contributed by atoms with Gasteiger partial charge in [-0.05, 0) is 43.7 Å². The van der Waals surface area contributed by atoms with E-state index in [9.17, 15) is 9.59 Å². The van der Waals surface area contributed by atoms with Crippen molar-refractivity contribution in [3.8, 4) is 0 Å². The van der Waals surface area contributed by atoms with Crippen LogP contribution in [0.4, 0.5) is 0 Å². The van der Waals surface area contributed by atoms with Crippen LogP contribution < -0.4 is 11.1 Å². The van der Waals surface area contributed by atoms with E-state index in [0.29, 0.717) is 31.9 Å². The molecule has 1 atom stereocenters. The molecule has 0 aromatic heterocycles. The maximum absolute atomic E-state index is 12.6. The third-order valence-electron chi connectivity index (χ3n) is 5.24. The minimum atomic E-state index is -0.431. The molecule has 6 nitrogen and oxygen atoms in total. The Morgan fingerprint density at radius 2 is 1.72 bits per heavy atom. The fourth-order valence-corrected chi connectivity index (χ4v) is 3.59. The molecule has 3 rings (SSSR count). The number of nitrogens with zero attached hydrogens (tertiary/aromatic N) is 1. The monoisotopic (exact) mass is 345 g/mol. The number of benzene rings is 1. The summed E-state index contributed by atoms with van der Waals surface area (Å²) in [5.41, 5.74) is 6.87. The zero-order valence-corrected chi connectivity index (χ0v) is 14.5. The van der Waals surface area contributed by atoms with E-state index < -0.39 is 6.04 Å². The van der Waals surface area contributed by atoms with Gasteiger partial charge in [-0.1, -0.05) is 18.2 Å². The number of nitrogens with one attached hydrogen (secondary N) is 1. The Kier molecular flexibility index (Phi) is 6.04. The van der Waals surface area contributed by atoms with Gasteiger partial charge < -0.3 is 20.7 Å². The van der Waals surface area contributed by atoms with E-state index >= 15 is 0 Å². The summed E-state index contributed by atoms with van der Waals surface area (Å²) in [6.07, 6.45) is 3.25. The summed E-state index contributed by atoms with van der Waals surface area (Å²) in [4.78, 5) is 26.7. The number of ether oxygens (including phenoxy) is 1. The highest BCUT2D eigenvalue weighted by atomic mass is 16.5. The fourth-order valence-electron chi connectivity index (χ4n) is 3.59. The second-order valence-corrected chi connectivity index (χ2v) is 6.91. The average Bonchev–Trinajstić information content (AvgIpc) is 2.69. The van der Waals surface area contributed by atoms with Crippen molar-refractivity contribution in [3.05, 3.63) is 35.9 Å². The van der Waals surface area contributed by atoms with E-state index in [4.69, 9.17) is 10.5 Å². The van der Waals surface area contributed by atoms with Crippen molar-refractivity contribution >= 4 is 11.8 Å². The Balaban J connectivity index is 1.46. The Morgan fingerprint density at radius 1 is 1.08 bits per heavy atom. The number of amides is 2. The lowest BCUT2D eigenvalue weighted by molar-refractivity contribution is -0.135. The number of rotatable bonds is 4. The standard InChI is InChI=1S/C19H27N3O3/c20-17(14-8-12-25-13-9-14)19(24)22-10-6-16(7-11-22)21-18(23)15-4-2-1-3-5-15/h1-5,14,16-17H,6-13,20H2,(H,21,23). The minimum absolute atomic E-state index is 0.0414. The molecule has 25 heavy (non-hydrogen) atoms. The molecule has 0 spiro atoms. The number of nitrogens with two attached hydrogens (primary N) is 1. The van der Waals surface area contributed by atoms with Gasteiger partial charge >= 0.3 is 0 Å². The molecule has 136 valence electrons. The van der Waals surface area contributed by atoms with Gasteiger partial charge in [-0.3, -0.25) is 9.59 Å². The maximum atomic E-state index is 12.6. The van der Waals surface area contributed by atoms with Crippen LogP contribution in [-0.4, -0.2) is 55.1 Å². The van der Waals surface area contributed by atoms with E-state index in [1.165, 1.54) is 0 Å². The van der Waals surface area contributed by atoms with E-state index in [2.05, 4.69) is 5.32 Å². The number of carbonyl (C=O) groups is 2. The molecule has 2 amide bonds. The summed E-state index contributed by atoms with van der Waals surface area (Å²) >= 11 is 0. The van der Waals surface area contributed by atoms with Gasteiger partial charge in [-0.15, -0.1) is 0 Å². The summed E-state index contributed by atoms with van der Waals surface area (Å²) in [6, 6.07) is 8.89. The Bertz CT molecular complexity index is 579. The lowest BCUT2D eigenvalue weighted by Gasteiger charge is -2.36. The number of piperidine rings is 1. The van der Waals surface area contributed by atoms with Gasteiger partial charge in [-0.2, -0.15) is 0 Å². The maximum Gasteiger partial charge on any atom is 0.251 e. The highest BCUT2D eigenvalue weighted by Gasteiger charge is 2.32. The van der Waals surface area contributed by atoms with E-state index in [1.807, 2.05) is 23.1 Å². The molecule has 2 aliphatic heterocycles. The van der Waals surface area contributed by atoms with Crippen molar-refractivity contribution in [3.63, 3.8) is 0 Å². The number of hydrogen-bond acceptors (Lipinski definition) is 4. The lowest BCUT2D eigenvalue weighted by atomic mass is 9.91. The third kappa shape index (κ3) is 4.58. The molecule has 3 N–H and O–H groups in total. The molecule has 0 radical (unpaired) electrons. The molecule has 2 aliphatic rings. The molecule has 1 aromatic rings. The Hall–Kier alpha value is -1.92. The largest absolute Gasteiger partial charge is 0.381 e. The molecule has 0 bridgehead atoms. The molecule has 2 fully saturated rings. The van der Waals surface area contributed by atoms with Gasteiger partial charge in [0.25, 0.3) is 5.91 Å². The highest BCUT2D eigenvalue weighted by molar-refractivity contribution is 5.94. The number of hydrogen-bond donors (Lipinski definition) is 2. The van der Waals surface area contributed by atoms with Crippen LogP contribution in [0, 0.1) is 5.92 Å². The van der Waals surface area contributed by atoms with Crippen molar-refractivity contribution < 1.29 is 14.3 Å². The highest BCUT2D eigenvalue weighted by Crippen LogP contribution is 2.20. The lowest BCUT2D eigenvalue weighted by Crippen LogP contribution is -2.53. The smallest absolute Gasteiger partial charge is 0.251 e. The average molecular weight is 345 g/mol. The first-order valence-electron chi connectivity index (χ1n) is 9.13. The van der Waals surface area contributed by atoms with Crippen LogP contribution in [0.2, 0.25) is 0 Å². The number of likely N-dealkylation sites (tertiary alicyclic amines) is 1. The summed E-state index contributed by atoms with van der Waals surface area (Å²) in [6.45, 7) is 2.68. The molecule has 1 unspecified atom stereocenters. The molecule has 2 heterocycles. The van der Waals surface area contributed by atoms with Crippen molar-refractivity contribution in [2.24, 2.45) is 11.7 Å². The topological polar surface area (TPSA) is 84.7 Å². The SMILES string of the molecule is NC(C(=O)N1CCC(NC(=O)c2ccccc2)CC1)C1CCOCC1. The van der Waals surface area contributed by atoms with Crippen molar-refractivity contribution in [2.45, 2.75) is 37.8 Å². The van der Waals surface area contributed by atoms with Gasteiger partial charge in [0.15, 0.2) is 0 Å². The Morgan fingerprint density at radius 3 is 2.36 bits per heavy atom. The van der Waals surface area contributed by atoms with Crippen LogP contribution in [0.3, 0.4) is 0 Å². The molecule has 1 aromatic carbocycles. The predicted molar refractivity (Wildman–Crippen MR) is 95.0 cm³/mol. The van der Waals surface area contributed by atoms with Gasteiger partial charge in [0, 0.05) is 37.9 Å². The van der Waals surface area contributed by atoms with Gasteiger partial charge in [0.2, 0.25) is 5.91 Å². The van der Waals surface area contributed by atoms with Crippen molar-refractivity contribution in [1.82, 2.24) is 10.2 Å². The second-order valence-electron chi connectivity index (χ2n) is 6.91. The van der Waals surface area contributed by atoms with Crippen LogP contribution in [0.1, 0.15) is 36.0 Å². The van der Waals surface area contributed by atoms with Gasteiger partial charge in [0.1, 0.15) is 0 Å². The molecule has 0 aliphatic carbocycles. The number of carbonyl (C=O) groups excluding carboxylic acids is 2. The van der Waals surface area contributed by atoms with E-state index in [1.54, 1.807) is 12.1 Å². The molecule has 0 saturated carbocycles. The van der Waals surface area contributed by atoms with E-state index in [-0.39, 0.29) is 23.8 Å². The van der Waals surface area contributed by atoms with Crippen molar-refractivity contribution in [1.29, 1.82) is 0 Å². The van der Waals surface area contributed by atoms with Gasteiger partial charge in [-0.25, -0.2) is 0 Å². The first-order valence-corrected chi connectivity index (χ1v) is 9.13. The molecule has 6 heteroatoms. The fraction of sp³-hybridized carbons (Fsp3) is 0.579. The van der Waals surface area contributed by atoms with Crippen LogP contribution in [0.25, 0.3) is 0 Å². The summed E-state index contributed by atoms with van der Waals surface area (Å²) in [5.74, 6) is 0.209. The normalized spacial score (nSPS) is 20.9. The van der Waals surface area contributed by atoms with Crippen LogP contribution in [0.5, 0.6) is 0 Å². The van der Waals surface area contributed by atoms with Crippen LogP contribution in [-0.2, 0) is 9.53 Å². The third-order valence-corrected chi connectivity index (χ3v) is 5.24. The minimum Gasteiger partial charge on any atom is -0.381 e. The van der Waals surface area contributed by atoms with Crippen LogP contribution >= 0.6 is 0 Å².